The molecule has 2 unspecified atom stereocenters. The van der Waals surface area contributed by atoms with E-state index in [1.165, 1.54) is 12.1 Å². The van der Waals surface area contributed by atoms with E-state index in [-0.39, 0.29) is 17.0 Å². The van der Waals surface area contributed by atoms with Gasteiger partial charge in [-0.1, -0.05) is 11.6 Å². The van der Waals surface area contributed by atoms with Crippen molar-refractivity contribution < 1.29 is 9.18 Å². The molecule has 2 rings (SSSR count). The van der Waals surface area contributed by atoms with Gasteiger partial charge in [-0.15, -0.1) is 0 Å². The van der Waals surface area contributed by atoms with Gasteiger partial charge in [0.2, 0.25) is 0 Å². The van der Waals surface area contributed by atoms with Gasteiger partial charge in [-0.2, -0.15) is 0 Å². The molecule has 1 saturated heterocycles. The van der Waals surface area contributed by atoms with Crippen molar-refractivity contribution in [2.75, 3.05) is 13.1 Å². The van der Waals surface area contributed by atoms with Crippen LogP contribution in [-0.4, -0.2) is 29.9 Å². The van der Waals surface area contributed by atoms with Crippen LogP contribution in [0.15, 0.2) is 12.1 Å². The zero-order chi connectivity index (χ0) is 14.9. The number of carbonyl (C=O) groups excluding carboxylic acids is 1. The van der Waals surface area contributed by atoms with Crippen LogP contribution in [0.1, 0.15) is 35.7 Å². The molecule has 1 aliphatic heterocycles. The Bertz CT molecular complexity index is 519. The highest BCUT2D eigenvalue weighted by atomic mass is 35.5. The summed E-state index contributed by atoms with van der Waals surface area (Å²) in [5, 5.41) is 0.168. The first kappa shape index (κ1) is 15.3. The van der Waals surface area contributed by atoms with Crippen molar-refractivity contribution in [1.82, 2.24) is 4.90 Å². The van der Waals surface area contributed by atoms with E-state index < -0.39 is 5.82 Å². The summed E-state index contributed by atoms with van der Waals surface area (Å²) in [5.41, 5.74) is 6.73. The molecule has 1 aromatic carbocycles. The lowest BCUT2D eigenvalue weighted by Crippen LogP contribution is -2.45. The van der Waals surface area contributed by atoms with Crippen molar-refractivity contribution in [1.29, 1.82) is 0 Å². The van der Waals surface area contributed by atoms with Crippen LogP contribution in [0.2, 0.25) is 5.02 Å². The summed E-state index contributed by atoms with van der Waals surface area (Å²) in [7, 11) is 0. The lowest BCUT2D eigenvalue weighted by molar-refractivity contribution is 0.0661. The number of rotatable bonds is 2. The Morgan fingerprint density at radius 1 is 1.55 bits per heavy atom. The van der Waals surface area contributed by atoms with Crippen LogP contribution in [0.3, 0.4) is 0 Å². The molecule has 0 aliphatic carbocycles. The Kier molecular flexibility index (Phi) is 4.66. The molecule has 0 saturated carbocycles. The number of hydrogen-bond acceptors (Lipinski definition) is 2. The first-order valence-corrected chi connectivity index (χ1v) is 7.28. The maximum Gasteiger partial charge on any atom is 0.255 e. The lowest BCUT2D eigenvalue weighted by atomic mass is 9.92. The lowest BCUT2D eigenvalue weighted by Gasteiger charge is -2.34. The third-order valence-electron chi connectivity index (χ3n) is 3.97. The monoisotopic (exact) mass is 298 g/mol. The molecular weight excluding hydrogens is 279 g/mol. The summed E-state index contributed by atoms with van der Waals surface area (Å²) in [4.78, 5) is 14.3. The average molecular weight is 299 g/mol. The molecule has 0 bridgehead atoms. The second kappa shape index (κ2) is 6.10. The van der Waals surface area contributed by atoms with Gasteiger partial charge in [0, 0.05) is 19.1 Å². The molecule has 1 aliphatic rings. The van der Waals surface area contributed by atoms with Crippen molar-refractivity contribution in [2.24, 2.45) is 11.7 Å². The highest BCUT2D eigenvalue weighted by Gasteiger charge is 2.27. The van der Waals surface area contributed by atoms with Gasteiger partial charge < -0.3 is 10.6 Å². The third kappa shape index (κ3) is 3.13. The fourth-order valence-electron chi connectivity index (χ4n) is 2.62. The number of carbonyl (C=O) groups is 1. The summed E-state index contributed by atoms with van der Waals surface area (Å²) in [6.45, 7) is 4.94. The Balaban J connectivity index is 2.21. The molecule has 110 valence electrons. The minimum absolute atomic E-state index is 0.0658. The molecule has 1 amide bonds. The van der Waals surface area contributed by atoms with E-state index in [1.54, 1.807) is 11.8 Å². The second-order valence-corrected chi connectivity index (χ2v) is 6.00. The minimum Gasteiger partial charge on any atom is -0.338 e. The van der Waals surface area contributed by atoms with E-state index in [9.17, 15) is 9.18 Å². The number of aryl methyl sites for hydroxylation is 1. The Labute approximate surface area is 123 Å². The molecule has 2 N–H and O–H groups in total. The van der Waals surface area contributed by atoms with Crippen LogP contribution in [-0.2, 0) is 0 Å². The SMILES string of the molecule is Cc1cc(C(=O)N2CCCC(C(C)N)C2)c(Cl)cc1F. The van der Waals surface area contributed by atoms with E-state index in [1.807, 2.05) is 6.92 Å². The van der Waals surface area contributed by atoms with Crippen LogP contribution >= 0.6 is 11.6 Å². The zero-order valence-electron chi connectivity index (χ0n) is 11.8. The van der Waals surface area contributed by atoms with Crippen LogP contribution < -0.4 is 5.73 Å². The summed E-state index contributed by atoms with van der Waals surface area (Å²) in [6.07, 6.45) is 1.98. The standard InChI is InChI=1S/C15H20ClFN2O/c1-9-6-12(13(16)7-14(9)17)15(20)19-5-3-4-11(8-19)10(2)18/h6-7,10-11H,3-5,8,18H2,1-2H3. The van der Waals surface area contributed by atoms with Crippen LogP contribution in [0.4, 0.5) is 4.39 Å². The van der Waals surface area contributed by atoms with Gasteiger partial charge >= 0.3 is 0 Å². The number of nitrogens with two attached hydrogens (primary N) is 1. The van der Waals surface area contributed by atoms with Crippen molar-refractivity contribution in [2.45, 2.75) is 32.7 Å². The molecule has 0 radical (unpaired) electrons. The summed E-state index contributed by atoms with van der Waals surface area (Å²) in [5.74, 6) is -0.213. The molecule has 3 nitrogen and oxygen atoms in total. The molecule has 1 aromatic rings. The van der Waals surface area contributed by atoms with E-state index in [0.29, 0.717) is 30.1 Å². The fraction of sp³-hybridized carbons (Fsp3) is 0.533. The van der Waals surface area contributed by atoms with Crippen LogP contribution in [0.25, 0.3) is 0 Å². The summed E-state index contributed by atoms with van der Waals surface area (Å²) >= 11 is 6.00. The Morgan fingerprint density at radius 3 is 2.90 bits per heavy atom. The number of hydrogen-bond donors (Lipinski definition) is 1. The van der Waals surface area contributed by atoms with Gasteiger partial charge in [0.15, 0.2) is 0 Å². The predicted octanol–water partition coefficient (Wildman–Crippen LogP) is 2.99. The maximum absolute atomic E-state index is 13.4. The molecule has 0 spiro atoms. The first-order valence-electron chi connectivity index (χ1n) is 6.90. The molecule has 2 atom stereocenters. The highest BCUT2D eigenvalue weighted by Crippen LogP contribution is 2.25. The van der Waals surface area contributed by atoms with Gasteiger partial charge in [-0.25, -0.2) is 4.39 Å². The predicted molar refractivity (Wildman–Crippen MR) is 78.4 cm³/mol. The largest absolute Gasteiger partial charge is 0.338 e. The summed E-state index contributed by atoms with van der Waals surface area (Å²) < 4.78 is 13.4. The maximum atomic E-state index is 13.4. The first-order chi connectivity index (χ1) is 9.40. The number of piperidine rings is 1. The van der Waals surface area contributed by atoms with Gasteiger partial charge in [-0.05, 0) is 50.3 Å². The molecule has 0 aromatic heterocycles. The van der Waals surface area contributed by atoms with Crippen molar-refractivity contribution >= 4 is 17.5 Å². The number of benzene rings is 1. The Morgan fingerprint density at radius 2 is 2.25 bits per heavy atom. The van der Waals surface area contributed by atoms with Gasteiger partial charge in [0.1, 0.15) is 5.82 Å². The summed E-state index contributed by atoms with van der Waals surface area (Å²) in [6, 6.07) is 2.79. The quantitative estimate of drug-likeness (QED) is 0.912. The third-order valence-corrected chi connectivity index (χ3v) is 4.28. The topological polar surface area (TPSA) is 46.3 Å². The van der Waals surface area contributed by atoms with E-state index in [4.69, 9.17) is 17.3 Å². The normalized spacial score (nSPS) is 20.9. The Hall–Kier alpha value is -1.13. The van der Waals surface area contributed by atoms with E-state index in [2.05, 4.69) is 0 Å². The molecular formula is C15H20ClFN2O. The number of nitrogens with zero attached hydrogens (tertiary/aromatic N) is 1. The zero-order valence-corrected chi connectivity index (χ0v) is 12.6. The fourth-order valence-corrected chi connectivity index (χ4v) is 2.85. The molecule has 1 fully saturated rings. The second-order valence-electron chi connectivity index (χ2n) is 5.59. The van der Waals surface area contributed by atoms with Gasteiger partial charge in [0.05, 0.1) is 10.6 Å². The van der Waals surface area contributed by atoms with Crippen LogP contribution in [0.5, 0.6) is 0 Å². The van der Waals surface area contributed by atoms with Gasteiger partial charge in [-0.3, -0.25) is 4.79 Å². The van der Waals surface area contributed by atoms with Gasteiger partial charge in [0.25, 0.3) is 5.91 Å². The molecule has 20 heavy (non-hydrogen) atoms. The van der Waals surface area contributed by atoms with Crippen molar-refractivity contribution in [3.05, 3.63) is 34.1 Å². The van der Waals surface area contributed by atoms with Crippen LogP contribution in [0, 0.1) is 18.7 Å². The van der Waals surface area contributed by atoms with Crippen molar-refractivity contribution in [3.8, 4) is 0 Å². The number of likely N-dealkylation sites (tertiary alicyclic amines) is 1. The smallest absolute Gasteiger partial charge is 0.255 e. The molecule has 1 heterocycles. The number of amides is 1. The molecule has 5 heteroatoms. The number of halogens is 2. The van der Waals surface area contributed by atoms with E-state index in [0.717, 1.165) is 12.8 Å². The van der Waals surface area contributed by atoms with Crippen molar-refractivity contribution in [3.63, 3.8) is 0 Å². The highest BCUT2D eigenvalue weighted by molar-refractivity contribution is 6.33. The minimum atomic E-state index is -0.390. The van der Waals surface area contributed by atoms with E-state index >= 15 is 0 Å². The average Bonchev–Trinajstić information content (AvgIpc) is 2.42.